The summed E-state index contributed by atoms with van der Waals surface area (Å²) in [7, 11) is 4.21. The summed E-state index contributed by atoms with van der Waals surface area (Å²) < 4.78 is 11.9. The summed E-state index contributed by atoms with van der Waals surface area (Å²) in [6, 6.07) is 10.7. The predicted octanol–water partition coefficient (Wildman–Crippen LogP) is 8.41. The van der Waals surface area contributed by atoms with Crippen LogP contribution in [-0.4, -0.2) is 44.9 Å². The average Bonchev–Trinajstić information content (AvgIpc) is 2.82. The fraction of sp³-hybridized carbons (Fsp3) is 0.800. The third kappa shape index (κ3) is 19.1. The molecule has 0 N–H and O–H groups in total. The van der Waals surface area contributed by atoms with Crippen LogP contribution in [0, 0.1) is 0 Å². The second-order valence-corrected chi connectivity index (χ2v) is 10.00. The predicted molar refractivity (Wildman–Crippen MR) is 144 cm³/mol. The minimum atomic E-state index is 0.315. The molecule has 0 aliphatic carbocycles. The fourth-order valence-electron chi connectivity index (χ4n) is 4.20. The normalized spacial score (nSPS) is 12.5. The van der Waals surface area contributed by atoms with Crippen LogP contribution in [0.3, 0.4) is 0 Å². The van der Waals surface area contributed by atoms with E-state index < -0.39 is 0 Å². The Kier molecular flexibility index (Phi) is 20.9. The number of likely N-dealkylation sites (N-methyl/N-ethyl adjacent to an activating group) is 1. The smallest absolute Gasteiger partial charge is 0.0717 e. The molecule has 3 nitrogen and oxygen atoms in total. The van der Waals surface area contributed by atoms with Crippen molar-refractivity contribution in [1.82, 2.24) is 4.90 Å². The number of rotatable bonds is 24. The maximum Gasteiger partial charge on any atom is 0.0717 e. The third-order valence-corrected chi connectivity index (χ3v) is 6.60. The zero-order valence-corrected chi connectivity index (χ0v) is 22.4. The number of nitrogens with zero attached hydrogens (tertiary/aromatic N) is 1. The van der Waals surface area contributed by atoms with E-state index >= 15 is 0 Å². The Morgan fingerprint density at radius 3 is 1.55 bits per heavy atom. The Morgan fingerprint density at radius 1 is 0.606 bits per heavy atom. The van der Waals surface area contributed by atoms with Gasteiger partial charge in [-0.3, -0.25) is 0 Å². The molecule has 1 aromatic rings. The van der Waals surface area contributed by atoms with Crippen molar-refractivity contribution >= 4 is 0 Å². The lowest BCUT2D eigenvalue weighted by atomic mass is 10.0. The minimum Gasteiger partial charge on any atom is -0.380 e. The third-order valence-electron chi connectivity index (χ3n) is 6.60. The molecule has 0 aliphatic heterocycles. The molecule has 0 radical (unpaired) electrons. The van der Waals surface area contributed by atoms with Crippen LogP contribution < -0.4 is 0 Å². The van der Waals surface area contributed by atoms with E-state index in [1.54, 1.807) is 0 Å². The van der Waals surface area contributed by atoms with Crippen molar-refractivity contribution in [2.75, 3.05) is 33.9 Å². The molecular weight excluding hydrogens is 406 g/mol. The van der Waals surface area contributed by atoms with Gasteiger partial charge in [-0.1, -0.05) is 134 Å². The van der Waals surface area contributed by atoms with E-state index in [1.165, 1.54) is 108 Å². The highest BCUT2D eigenvalue weighted by molar-refractivity contribution is 5.13. The molecule has 0 amide bonds. The molecule has 1 unspecified atom stereocenters. The van der Waals surface area contributed by atoms with Crippen LogP contribution in [-0.2, 0) is 16.1 Å². The van der Waals surface area contributed by atoms with Crippen molar-refractivity contribution < 1.29 is 9.47 Å². The van der Waals surface area contributed by atoms with Crippen molar-refractivity contribution in [3.05, 3.63) is 35.9 Å². The molecular formula is C30H55NO2. The molecule has 1 aromatic carbocycles. The maximum atomic E-state index is 5.96. The molecule has 0 fully saturated rings. The van der Waals surface area contributed by atoms with Crippen LogP contribution in [0.15, 0.2) is 30.3 Å². The van der Waals surface area contributed by atoms with Gasteiger partial charge in [0.25, 0.3) is 0 Å². The van der Waals surface area contributed by atoms with Gasteiger partial charge in [0.1, 0.15) is 0 Å². The summed E-state index contributed by atoms with van der Waals surface area (Å²) in [6.07, 6.45) is 22.5. The molecule has 33 heavy (non-hydrogen) atoms. The Hall–Kier alpha value is -0.900. The SMILES string of the molecule is CCCCCCCCCCCCCCCCCCOCC(COCc1ccccc1)N(C)C. The zero-order chi connectivity index (χ0) is 23.8. The van der Waals surface area contributed by atoms with Crippen LogP contribution in [0.2, 0.25) is 0 Å². The summed E-state index contributed by atoms with van der Waals surface area (Å²) in [5, 5.41) is 0. The van der Waals surface area contributed by atoms with E-state index in [-0.39, 0.29) is 0 Å². The van der Waals surface area contributed by atoms with Crippen molar-refractivity contribution in [3.63, 3.8) is 0 Å². The zero-order valence-electron chi connectivity index (χ0n) is 22.4. The lowest BCUT2D eigenvalue weighted by Gasteiger charge is -2.24. The molecule has 192 valence electrons. The first kappa shape index (κ1) is 30.1. The molecule has 0 saturated carbocycles. The first-order chi connectivity index (χ1) is 16.2. The summed E-state index contributed by atoms with van der Waals surface area (Å²) in [5.74, 6) is 0. The summed E-state index contributed by atoms with van der Waals surface area (Å²) >= 11 is 0. The van der Waals surface area contributed by atoms with Gasteiger partial charge in [-0.15, -0.1) is 0 Å². The highest BCUT2D eigenvalue weighted by atomic mass is 16.5. The highest BCUT2D eigenvalue weighted by Gasteiger charge is 2.12. The lowest BCUT2D eigenvalue weighted by Crippen LogP contribution is -2.36. The Bertz CT molecular complexity index is 505. The van der Waals surface area contributed by atoms with Gasteiger partial charge >= 0.3 is 0 Å². The first-order valence-corrected chi connectivity index (χ1v) is 14.1. The molecule has 0 bridgehead atoms. The van der Waals surface area contributed by atoms with E-state index in [0.29, 0.717) is 19.3 Å². The Labute approximate surface area is 206 Å². The van der Waals surface area contributed by atoms with Gasteiger partial charge < -0.3 is 14.4 Å². The largest absolute Gasteiger partial charge is 0.380 e. The molecule has 1 atom stereocenters. The molecule has 0 spiro atoms. The molecule has 0 heterocycles. The van der Waals surface area contributed by atoms with Gasteiger partial charge in [-0.25, -0.2) is 0 Å². The van der Waals surface area contributed by atoms with Gasteiger partial charge in [-0.05, 0) is 26.1 Å². The average molecular weight is 462 g/mol. The van der Waals surface area contributed by atoms with Crippen LogP contribution in [0.4, 0.5) is 0 Å². The van der Waals surface area contributed by atoms with Crippen LogP contribution >= 0.6 is 0 Å². The molecule has 0 saturated heterocycles. The number of hydrogen-bond donors (Lipinski definition) is 0. The van der Waals surface area contributed by atoms with Gasteiger partial charge in [-0.2, -0.15) is 0 Å². The van der Waals surface area contributed by atoms with Crippen molar-refractivity contribution in [1.29, 1.82) is 0 Å². The second kappa shape index (κ2) is 22.9. The van der Waals surface area contributed by atoms with E-state index in [9.17, 15) is 0 Å². The van der Waals surface area contributed by atoms with Crippen LogP contribution in [0.1, 0.15) is 115 Å². The standard InChI is InChI=1S/C30H55NO2/c1-4-5-6-7-8-9-10-11-12-13-14-15-16-17-18-22-25-32-27-30(31(2)3)28-33-26-29-23-20-19-21-24-29/h19-21,23-24,30H,4-18,22,25-28H2,1-3H3. The quantitative estimate of drug-likeness (QED) is 0.144. The summed E-state index contributed by atoms with van der Waals surface area (Å²) in [5.41, 5.74) is 1.23. The number of ether oxygens (including phenoxy) is 2. The number of benzene rings is 1. The molecule has 3 heteroatoms. The van der Waals surface area contributed by atoms with Gasteiger partial charge in [0.15, 0.2) is 0 Å². The van der Waals surface area contributed by atoms with Crippen molar-refractivity contribution in [2.24, 2.45) is 0 Å². The lowest BCUT2D eigenvalue weighted by molar-refractivity contribution is 0.0153. The molecule has 0 aromatic heterocycles. The van der Waals surface area contributed by atoms with Crippen LogP contribution in [0.25, 0.3) is 0 Å². The number of unbranched alkanes of at least 4 members (excludes halogenated alkanes) is 15. The van der Waals surface area contributed by atoms with Gasteiger partial charge in [0.05, 0.1) is 25.9 Å². The van der Waals surface area contributed by atoms with E-state index in [1.807, 2.05) is 6.07 Å². The van der Waals surface area contributed by atoms with Crippen molar-refractivity contribution in [2.45, 2.75) is 122 Å². The monoisotopic (exact) mass is 461 g/mol. The number of hydrogen-bond acceptors (Lipinski definition) is 3. The Morgan fingerprint density at radius 2 is 1.06 bits per heavy atom. The van der Waals surface area contributed by atoms with E-state index in [4.69, 9.17) is 9.47 Å². The van der Waals surface area contributed by atoms with E-state index in [2.05, 4.69) is 50.2 Å². The highest BCUT2D eigenvalue weighted by Crippen LogP contribution is 2.14. The summed E-state index contributed by atoms with van der Waals surface area (Å²) in [4.78, 5) is 2.21. The van der Waals surface area contributed by atoms with Gasteiger partial charge in [0, 0.05) is 6.61 Å². The topological polar surface area (TPSA) is 21.7 Å². The first-order valence-electron chi connectivity index (χ1n) is 14.1. The Balaban J connectivity index is 1.83. The fourth-order valence-corrected chi connectivity index (χ4v) is 4.20. The molecule has 1 rings (SSSR count). The van der Waals surface area contributed by atoms with Gasteiger partial charge in [0.2, 0.25) is 0 Å². The van der Waals surface area contributed by atoms with Crippen LogP contribution in [0.5, 0.6) is 0 Å². The molecule has 0 aliphatic rings. The second-order valence-electron chi connectivity index (χ2n) is 10.00. The minimum absolute atomic E-state index is 0.315. The van der Waals surface area contributed by atoms with E-state index in [0.717, 1.165) is 13.2 Å². The maximum absolute atomic E-state index is 5.96. The van der Waals surface area contributed by atoms with Crippen molar-refractivity contribution in [3.8, 4) is 0 Å². The summed E-state index contributed by atoms with van der Waals surface area (Å²) in [6.45, 7) is 5.30.